The Kier molecular flexibility index (Phi) is 16.2. The minimum absolute atomic E-state index is 0.134. The second-order valence-corrected chi connectivity index (χ2v) is 20.2. The zero-order valence-electron chi connectivity index (χ0n) is 37.9. The molecule has 0 radical (unpaired) electrons. The molecule has 8 heteroatoms. The van der Waals surface area contributed by atoms with Crippen LogP contribution in [0.15, 0.2) is 45.3 Å². The lowest BCUT2D eigenvalue weighted by atomic mass is 9.81. The van der Waals surface area contributed by atoms with E-state index in [1.54, 1.807) is 9.80 Å². The Balaban J connectivity index is 1.30. The van der Waals surface area contributed by atoms with Gasteiger partial charge >= 0.3 is 0 Å². The fraction of sp³-hybridized carbons (Fsp3) is 0.556. The van der Waals surface area contributed by atoms with Gasteiger partial charge in [-0.2, -0.15) is 0 Å². The smallest absolute Gasteiger partial charge is 0.261 e. The Labute approximate surface area is 386 Å². The molecule has 5 aromatic carbocycles. The predicted octanol–water partition coefficient (Wildman–Crippen LogP) is 16.6. The molecule has 332 valence electrons. The SMILES string of the molecule is CCCCCCCC(CCCCCCC)N1C(=O)c2ccc3c4c(Br)cc5c6c(cc(Br)c(c7ccc(c2c37)C1=O)c64)C(=O)N(C(CCCCCCC)CCCCCCC)C5=O. The van der Waals surface area contributed by atoms with E-state index in [1.807, 2.05) is 36.4 Å². The quantitative estimate of drug-likeness (QED) is 0.0239. The summed E-state index contributed by atoms with van der Waals surface area (Å²) >= 11 is 7.89. The van der Waals surface area contributed by atoms with Crippen LogP contribution in [0.5, 0.6) is 0 Å². The van der Waals surface area contributed by atoms with Crippen LogP contribution < -0.4 is 0 Å². The van der Waals surface area contributed by atoms with Crippen molar-refractivity contribution < 1.29 is 19.2 Å². The van der Waals surface area contributed by atoms with E-state index in [1.165, 1.54) is 77.0 Å². The first kappa shape index (κ1) is 46.6. The normalized spacial score (nSPS) is 14.3. The standard InChI is InChI=1S/C54H68Br2N2O4/c1-5-9-13-17-21-25-35(26-22-18-14-10-6-2)57-51(59)39-31-29-37-45-38(30-32-40(46(39)45)52(57)60)49-44(56)34-42-47-41(33-43(55)48(37)50(47)49)53(61)58(54(42)62)36(27-23-19-15-11-7-3)28-24-20-16-12-8-4/h29-36H,5-28H2,1-4H3. The number of rotatable bonds is 26. The molecule has 0 saturated heterocycles. The molecule has 0 N–H and O–H groups in total. The highest BCUT2D eigenvalue weighted by Gasteiger charge is 2.41. The van der Waals surface area contributed by atoms with Crippen molar-refractivity contribution in [3.05, 3.63) is 67.6 Å². The zero-order valence-corrected chi connectivity index (χ0v) is 41.0. The fourth-order valence-electron chi connectivity index (χ4n) is 10.8. The monoisotopic (exact) mass is 966 g/mol. The summed E-state index contributed by atoms with van der Waals surface area (Å²) in [5.41, 5.74) is 2.23. The number of fused-ring (bicyclic) bond motifs is 2. The van der Waals surface area contributed by atoms with E-state index in [-0.39, 0.29) is 35.7 Å². The maximum atomic E-state index is 14.8. The van der Waals surface area contributed by atoms with Crippen LogP contribution in [0.3, 0.4) is 0 Å². The molecule has 0 saturated carbocycles. The van der Waals surface area contributed by atoms with Crippen LogP contribution in [0, 0.1) is 0 Å². The maximum absolute atomic E-state index is 14.8. The lowest BCUT2D eigenvalue weighted by molar-refractivity contribution is 0.0501. The average Bonchev–Trinajstić information content (AvgIpc) is 3.26. The van der Waals surface area contributed by atoms with Crippen LogP contribution >= 0.6 is 31.9 Å². The molecule has 2 aliphatic rings. The van der Waals surface area contributed by atoms with E-state index in [4.69, 9.17) is 0 Å². The maximum Gasteiger partial charge on any atom is 0.261 e. The highest BCUT2D eigenvalue weighted by molar-refractivity contribution is 9.11. The largest absolute Gasteiger partial charge is 0.271 e. The third-order valence-corrected chi connectivity index (χ3v) is 15.3. The number of imide groups is 2. The highest BCUT2D eigenvalue weighted by Crippen LogP contribution is 2.51. The molecule has 62 heavy (non-hydrogen) atoms. The number of carbonyl (C=O) groups excluding carboxylic acids is 4. The molecular formula is C54H68Br2N2O4. The van der Waals surface area contributed by atoms with Crippen molar-refractivity contribution in [2.24, 2.45) is 0 Å². The first-order valence-corrected chi connectivity index (χ1v) is 26.1. The van der Waals surface area contributed by atoms with Gasteiger partial charge in [-0.15, -0.1) is 0 Å². The second kappa shape index (κ2) is 21.5. The third-order valence-electron chi connectivity index (χ3n) is 14.1. The van der Waals surface area contributed by atoms with E-state index < -0.39 is 0 Å². The lowest BCUT2D eigenvalue weighted by Crippen LogP contribution is -2.47. The van der Waals surface area contributed by atoms with Gasteiger partial charge < -0.3 is 0 Å². The first-order chi connectivity index (χ1) is 30.2. The first-order valence-electron chi connectivity index (χ1n) is 24.5. The van der Waals surface area contributed by atoms with Crippen LogP contribution in [0.1, 0.15) is 223 Å². The minimum atomic E-state index is -0.215. The molecule has 0 aliphatic carbocycles. The molecule has 0 atom stereocenters. The molecule has 0 spiro atoms. The summed E-state index contributed by atoms with van der Waals surface area (Å²) < 4.78 is 1.52. The van der Waals surface area contributed by atoms with Gasteiger partial charge in [-0.25, -0.2) is 0 Å². The summed E-state index contributed by atoms with van der Waals surface area (Å²) in [7, 11) is 0. The number of benzene rings is 5. The van der Waals surface area contributed by atoms with Gasteiger partial charge in [-0.05, 0) is 66.1 Å². The van der Waals surface area contributed by atoms with Crippen molar-refractivity contribution in [3.63, 3.8) is 0 Å². The summed E-state index contributed by atoms with van der Waals surface area (Å²) in [6, 6.07) is 11.4. The van der Waals surface area contributed by atoms with E-state index in [2.05, 4.69) is 59.6 Å². The summed E-state index contributed by atoms with van der Waals surface area (Å²) in [4.78, 5) is 62.4. The van der Waals surface area contributed by atoms with Gasteiger partial charge in [-0.1, -0.05) is 200 Å². The van der Waals surface area contributed by atoms with Crippen molar-refractivity contribution >= 4 is 98.6 Å². The van der Waals surface area contributed by atoms with Crippen LogP contribution in [0.4, 0.5) is 0 Å². The van der Waals surface area contributed by atoms with Gasteiger partial charge in [0.25, 0.3) is 23.6 Å². The molecule has 5 aromatic rings. The minimum Gasteiger partial charge on any atom is -0.271 e. The third kappa shape index (κ3) is 9.12. The number of halogens is 2. The van der Waals surface area contributed by atoms with Gasteiger partial charge in [0.2, 0.25) is 0 Å². The summed E-state index contributed by atoms with van der Waals surface area (Å²) in [6.45, 7) is 8.88. The summed E-state index contributed by atoms with van der Waals surface area (Å²) in [5.74, 6) is -0.830. The number of unbranched alkanes of at least 4 members (excludes halogenated alkanes) is 16. The Bertz CT molecular complexity index is 2270. The van der Waals surface area contributed by atoms with E-state index in [9.17, 15) is 19.2 Å². The number of carbonyl (C=O) groups is 4. The van der Waals surface area contributed by atoms with Gasteiger partial charge in [0.15, 0.2) is 0 Å². The molecule has 0 bridgehead atoms. The topological polar surface area (TPSA) is 74.8 Å². The van der Waals surface area contributed by atoms with Crippen LogP contribution in [-0.2, 0) is 0 Å². The molecule has 6 nitrogen and oxygen atoms in total. The summed E-state index contributed by atoms with van der Waals surface area (Å²) in [6.07, 6.45) is 26.0. The average molecular weight is 969 g/mol. The van der Waals surface area contributed by atoms with Crippen molar-refractivity contribution in [1.29, 1.82) is 0 Å². The number of hydrogen-bond donors (Lipinski definition) is 0. The molecular weight excluding hydrogens is 900 g/mol. The van der Waals surface area contributed by atoms with Gasteiger partial charge in [0, 0.05) is 70.2 Å². The van der Waals surface area contributed by atoms with Crippen LogP contribution in [-0.4, -0.2) is 45.5 Å². The van der Waals surface area contributed by atoms with Crippen molar-refractivity contribution in [2.75, 3.05) is 0 Å². The van der Waals surface area contributed by atoms with E-state index in [0.717, 1.165) is 118 Å². The molecule has 7 rings (SSSR count). The lowest BCUT2D eigenvalue weighted by Gasteiger charge is -2.36. The number of nitrogens with zero attached hydrogens (tertiary/aromatic N) is 2. The number of amides is 4. The van der Waals surface area contributed by atoms with Crippen molar-refractivity contribution in [2.45, 2.75) is 194 Å². The van der Waals surface area contributed by atoms with E-state index >= 15 is 0 Å². The highest BCUT2D eigenvalue weighted by atomic mass is 79.9. The van der Waals surface area contributed by atoms with E-state index in [0.29, 0.717) is 33.0 Å². The summed E-state index contributed by atoms with van der Waals surface area (Å²) in [5, 5.41) is 6.68. The molecule has 4 amide bonds. The molecule has 2 heterocycles. The fourth-order valence-corrected chi connectivity index (χ4v) is 12.1. The zero-order chi connectivity index (χ0) is 43.9. The van der Waals surface area contributed by atoms with Gasteiger partial charge in [0.05, 0.1) is 0 Å². The van der Waals surface area contributed by atoms with Gasteiger partial charge in [0.1, 0.15) is 0 Å². The van der Waals surface area contributed by atoms with Crippen molar-refractivity contribution in [1.82, 2.24) is 9.80 Å². The number of hydrogen-bond acceptors (Lipinski definition) is 4. The van der Waals surface area contributed by atoms with Crippen LogP contribution in [0.2, 0.25) is 0 Å². The van der Waals surface area contributed by atoms with Crippen molar-refractivity contribution in [3.8, 4) is 0 Å². The molecule has 2 aliphatic heterocycles. The molecule has 0 unspecified atom stereocenters. The Morgan fingerprint density at radius 2 is 0.677 bits per heavy atom. The van der Waals surface area contributed by atoms with Gasteiger partial charge in [-0.3, -0.25) is 29.0 Å². The Morgan fingerprint density at radius 3 is 1.02 bits per heavy atom. The van der Waals surface area contributed by atoms with Crippen LogP contribution in [0.25, 0.3) is 43.1 Å². The molecule has 0 fully saturated rings. The second-order valence-electron chi connectivity index (χ2n) is 18.5. The predicted molar refractivity (Wildman–Crippen MR) is 265 cm³/mol. The Hall–Kier alpha value is -3.36. The Morgan fingerprint density at radius 1 is 0.371 bits per heavy atom. The molecule has 0 aromatic heterocycles.